The lowest BCUT2D eigenvalue weighted by molar-refractivity contribution is -0.139. The number of halogens is 3. The summed E-state index contributed by atoms with van der Waals surface area (Å²) < 4.78 is 43.6. The number of hydrogen-bond acceptors (Lipinski definition) is 7. The maximum Gasteiger partial charge on any atom is 0.417 e. The third kappa shape index (κ3) is 7.84. The normalized spacial score (nSPS) is 19.8. The van der Waals surface area contributed by atoms with E-state index in [2.05, 4.69) is 20.4 Å². The van der Waals surface area contributed by atoms with E-state index in [0.717, 1.165) is 82.6 Å². The SMILES string of the molecule is CC(=O)NC1CCN(CC(O)Cn2nc(-c3ccc(C(F)(F)F)c(SCCN4CCCC4)c3)c3c2CCNC3)CC1. The molecule has 41 heavy (non-hydrogen) atoms. The summed E-state index contributed by atoms with van der Waals surface area (Å²) in [7, 11) is 0. The lowest BCUT2D eigenvalue weighted by Gasteiger charge is -2.33. The van der Waals surface area contributed by atoms with Crippen LogP contribution in [0.2, 0.25) is 0 Å². The molecule has 3 N–H and O–H groups in total. The van der Waals surface area contributed by atoms with Gasteiger partial charge in [-0.2, -0.15) is 18.3 Å². The first kappa shape index (κ1) is 30.3. The van der Waals surface area contributed by atoms with E-state index < -0.39 is 17.8 Å². The van der Waals surface area contributed by atoms with E-state index in [0.29, 0.717) is 36.6 Å². The predicted octanol–water partition coefficient (Wildman–Crippen LogP) is 3.36. The molecule has 3 aliphatic heterocycles. The number of thioether (sulfide) groups is 1. The second-order valence-electron chi connectivity index (χ2n) is 11.4. The van der Waals surface area contributed by atoms with E-state index in [1.165, 1.54) is 30.8 Å². The van der Waals surface area contributed by atoms with Gasteiger partial charge in [0.1, 0.15) is 0 Å². The van der Waals surface area contributed by atoms with Gasteiger partial charge in [0.15, 0.2) is 0 Å². The van der Waals surface area contributed by atoms with Crippen LogP contribution in [-0.4, -0.2) is 94.3 Å². The van der Waals surface area contributed by atoms with Gasteiger partial charge in [-0.15, -0.1) is 11.8 Å². The minimum absolute atomic E-state index is 0.0157. The van der Waals surface area contributed by atoms with Crippen molar-refractivity contribution in [3.63, 3.8) is 0 Å². The fourth-order valence-corrected chi connectivity index (χ4v) is 7.34. The van der Waals surface area contributed by atoms with Gasteiger partial charge in [0.05, 0.1) is 23.9 Å². The fraction of sp³-hybridized carbons (Fsp3) is 0.655. The van der Waals surface area contributed by atoms with Crippen molar-refractivity contribution < 1.29 is 23.1 Å². The number of aliphatic hydroxyl groups is 1. The van der Waals surface area contributed by atoms with Gasteiger partial charge in [0, 0.05) is 86.1 Å². The van der Waals surface area contributed by atoms with Gasteiger partial charge in [0.2, 0.25) is 5.91 Å². The van der Waals surface area contributed by atoms with E-state index in [1.807, 2.05) is 4.68 Å². The summed E-state index contributed by atoms with van der Waals surface area (Å²) in [4.78, 5) is 16.1. The van der Waals surface area contributed by atoms with Crippen LogP contribution in [0.1, 0.15) is 49.4 Å². The number of likely N-dealkylation sites (tertiary alicyclic amines) is 2. The van der Waals surface area contributed by atoms with Crippen LogP contribution in [0.15, 0.2) is 23.1 Å². The molecule has 1 atom stereocenters. The summed E-state index contributed by atoms with van der Waals surface area (Å²) in [5.41, 5.74) is 2.79. The molecule has 2 saturated heterocycles. The van der Waals surface area contributed by atoms with Crippen LogP contribution in [0.4, 0.5) is 13.2 Å². The van der Waals surface area contributed by atoms with Gasteiger partial charge in [-0.1, -0.05) is 6.07 Å². The molecule has 226 valence electrons. The van der Waals surface area contributed by atoms with E-state index in [9.17, 15) is 23.1 Å². The van der Waals surface area contributed by atoms with Crippen molar-refractivity contribution in [3.8, 4) is 11.3 Å². The zero-order valence-corrected chi connectivity index (χ0v) is 24.5. The van der Waals surface area contributed by atoms with Crippen molar-refractivity contribution in [1.29, 1.82) is 0 Å². The van der Waals surface area contributed by atoms with Crippen LogP contribution >= 0.6 is 11.8 Å². The number of benzene rings is 1. The molecule has 0 bridgehead atoms. The molecule has 5 rings (SSSR count). The second-order valence-corrected chi connectivity index (χ2v) is 12.6. The first-order valence-corrected chi connectivity index (χ1v) is 15.7. The molecule has 0 saturated carbocycles. The van der Waals surface area contributed by atoms with Crippen molar-refractivity contribution in [2.24, 2.45) is 0 Å². The molecule has 12 heteroatoms. The van der Waals surface area contributed by atoms with Crippen molar-refractivity contribution >= 4 is 17.7 Å². The molecular formula is C29H41F3N6O2S. The van der Waals surface area contributed by atoms with Crippen LogP contribution in [0, 0.1) is 0 Å². The monoisotopic (exact) mass is 594 g/mol. The van der Waals surface area contributed by atoms with Crippen molar-refractivity contribution in [3.05, 3.63) is 35.0 Å². The quantitative estimate of drug-likeness (QED) is 0.364. The molecule has 2 aromatic rings. The van der Waals surface area contributed by atoms with Crippen LogP contribution in [0.3, 0.4) is 0 Å². The second kappa shape index (κ2) is 13.5. The van der Waals surface area contributed by atoms with Gasteiger partial charge in [-0.3, -0.25) is 9.48 Å². The summed E-state index contributed by atoms with van der Waals surface area (Å²) >= 11 is 1.27. The van der Waals surface area contributed by atoms with E-state index >= 15 is 0 Å². The largest absolute Gasteiger partial charge is 0.417 e. The number of fused-ring (bicyclic) bond motifs is 1. The number of carbonyl (C=O) groups excluding carboxylic acids is 1. The number of β-amino-alcohol motifs (C(OH)–C–C–N with tert-alkyl or cyclic N) is 1. The number of amides is 1. The van der Waals surface area contributed by atoms with Gasteiger partial charge < -0.3 is 25.5 Å². The van der Waals surface area contributed by atoms with Crippen LogP contribution in [0.25, 0.3) is 11.3 Å². The molecule has 0 aliphatic carbocycles. The minimum atomic E-state index is -4.42. The Labute approximate surface area is 244 Å². The zero-order valence-electron chi connectivity index (χ0n) is 23.7. The summed E-state index contributed by atoms with van der Waals surface area (Å²) in [6.45, 7) is 8.17. The number of nitrogens with zero attached hydrogens (tertiary/aromatic N) is 4. The van der Waals surface area contributed by atoms with Gasteiger partial charge in [-0.05, 0) is 50.9 Å². The molecule has 0 radical (unpaired) electrons. The Balaban J connectivity index is 1.30. The van der Waals surface area contributed by atoms with E-state index in [4.69, 9.17) is 5.10 Å². The molecule has 3 aliphatic rings. The number of rotatable bonds is 10. The molecule has 1 aromatic heterocycles. The van der Waals surface area contributed by atoms with Gasteiger partial charge in [-0.25, -0.2) is 0 Å². The highest BCUT2D eigenvalue weighted by Gasteiger charge is 2.34. The molecule has 0 spiro atoms. The molecule has 1 unspecified atom stereocenters. The Hall–Kier alpha value is -2.12. The molecule has 4 heterocycles. The molecule has 8 nitrogen and oxygen atoms in total. The average Bonchev–Trinajstić information content (AvgIpc) is 3.57. The number of nitrogens with one attached hydrogen (secondary N) is 2. The lowest BCUT2D eigenvalue weighted by atomic mass is 10.0. The third-order valence-corrected chi connectivity index (χ3v) is 9.31. The van der Waals surface area contributed by atoms with Gasteiger partial charge in [0.25, 0.3) is 0 Å². The highest BCUT2D eigenvalue weighted by atomic mass is 32.2. The summed E-state index contributed by atoms with van der Waals surface area (Å²) in [6.07, 6.45) is -0.297. The Bertz CT molecular complexity index is 1190. The van der Waals surface area contributed by atoms with Gasteiger partial charge >= 0.3 is 6.18 Å². The first-order chi connectivity index (χ1) is 19.7. The van der Waals surface area contributed by atoms with E-state index in [1.54, 1.807) is 6.07 Å². The Morgan fingerprint density at radius 3 is 2.63 bits per heavy atom. The molecular weight excluding hydrogens is 553 g/mol. The smallest absolute Gasteiger partial charge is 0.390 e. The molecule has 2 fully saturated rings. The Morgan fingerprint density at radius 1 is 1.17 bits per heavy atom. The number of piperidine rings is 1. The fourth-order valence-electron chi connectivity index (χ4n) is 6.22. The topological polar surface area (TPSA) is 85.7 Å². The summed E-state index contributed by atoms with van der Waals surface area (Å²) in [5.74, 6) is 0.590. The highest BCUT2D eigenvalue weighted by Crippen LogP contribution is 2.40. The number of alkyl halides is 3. The maximum absolute atomic E-state index is 13.9. The maximum atomic E-state index is 13.9. The summed E-state index contributed by atoms with van der Waals surface area (Å²) in [6, 6.07) is 4.55. The highest BCUT2D eigenvalue weighted by molar-refractivity contribution is 7.99. The third-order valence-electron chi connectivity index (χ3n) is 8.28. The number of aromatic nitrogens is 2. The Morgan fingerprint density at radius 2 is 1.93 bits per heavy atom. The van der Waals surface area contributed by atoms with E-state index in [-0.39, 0.29) is 16.8 Å². The standard InChI is InChI=1S/C29H41F3N6O2S/c1-20(39)34-22-7-12-37(13-8-22)18-23(40)19-38-26-6-9-33-17-24(26)28(35-38)21-4-5-25(29(30,31)32)27(16-21)41-15-14-36-10-2-3-11-36/h4-5,16,22-23,33,40H,2-3,6-15,17-19H2,1H3,(H,34,39). The molecule has 1 aromatic carbocycles. The molecule has 1 amide bonds. The van der Waals surface area contributed by atoms with Crippen molar-refractivity contribution in [2.75, 3.05) is 51.6 Å². The number of aliphatic hydroxyl groups excluding tert-OH is 1. The van der Waals surface area contributed by atoms with Crippen LogP contribution in [-0.2, 0) is 30.5 Å². The number of carbonyl (C=O) groups is 1. The number of hydrogen-bond donors (Lipinski definition) is 3. The average molecular weight is 595 g/mol. The van der Waals surface area contributed by atoms with Crippen LogP contribution < -0.4 is 10.6 Å². The lowest BCUT2D eigenvalue weighted by Crippen LogP contribution is -2.46. The predicted molar refractivity (Wildman–Crippen MR) is 154 cm³/mol. The Kier molecular flexibility index (Phi) is 9.96. The van der Waals surface area contributed by atoms with Crippen molar-refractivity contribution in [1.82, 2.24) is 30.2 Å². The van der Waals surface area contributed by atoms with Crippen LogP contribution in [0.5, 0.6) is 0 Å². The van der Waals surface area contributed by atoms with Crippen molar-refractivity contribution in [2.45, 2.75) is 75.3 Å². The zero-order chi connectivity index (χ0) is 29.0. The summed E-state index contributed by atoms with van der Waals surface area (Å²) in [5, 5.41) is 22.2. The first-order valence-electron chi connectivity index (χ1n) is 14.7. The minimum Gasteiger partial charge on any atom is -0.390 e.